The average molecular weight is 416 g/mol. The summed E-state index contributed by atoms with van der Waals surface area (Å²) in [5, 5.41) is 0. The lowest BCUT2D eigenvalue weighted by molar-refractivity contribution is -0.133. The number of cyclic esters (lactones) is 1. The summed E-state index contributed by atoms with van der Waals surface area (Å²) >= 11 is 0. The molecule has 1 fully saturated rings. The van der Waals surface area contributed by atoms with Crippen molar-refractivity contribution in [3.05, 3.63) is 35.9 Å². The first-order valence-electron chi connectivity index (χ1n) is 12.2. The Morgan fingerprint density at radius 1 is 0.967 bits per heavy atom. The minimum absolute atomic E-state index is 0.0782. The standard InChI is InChI=1S/C26H41NO3/c1-3-4-5-6-7-8-9-10-11-12-14-17-22(2)25(28)27-24(21-30-26(27)29)20-23-18-15-13-16-19-23/h13,15-16,18-19,22,24H,3-12,14,17,20-21H2,1-2H3/t22-,24+/m1/s1. The molecular weight excluding hydrogens is 374 g/mol. The largest absolute Gasteiger partial charge is 0.447 e. The number of benzene rings is 1. The van der Waals surface area contributed by atoms with Gasteiger partial charge in [-0.25, -0.2) is 9.69 Å². The Morgan fingerprint density at radius 2 is 1.53 bits per heavy atom. The third-order valence-electron chi connectivity index (χ3n) is 6.17. The zero-order valence-electron chi connectivity index (χ0n) is 19.1. The molecule has 0 radical (unpaired) electrons. The van der Waals surface area contributed by atoms with E-state index in [2.05, 4.69) is 6.92 Å². The third kappa shape index (κ3) is 8.49. The van der Waals surface area contributed by atoms with E-state index in [1.165, 1.54) is 69.1 Å². The lowest BCUT2D eigenvalue weighted by Gasteiger charge is -2.23. The van der Waals surface area contributed by atoms with Gasteiger partial charge in [-0.1, -0.05) is 115 Å². The molecule has 2 atom stereocenters. The van der Waals surface area contributed by atoms with E-state index in [9.17, 15) is 9.59 Å². The van der Waals surface area contributed by atoms with Gasteiger partial charge in [0, 0.05) is 5.92 Å². The van der Waals surface area contributed by atoms with E-state index in [-0.39, 0.29) is 17.9 Å². The molecule has 0 spiro atoms. The molecule has 2 amide bonds. The van der Waals surface area contributed by atoms with Gasteiger partial charge in [0.2, 0.25) is 5.91 Å². The molecule has 2 rings (SSSR count). The van der Waals surface area contributed by atoms with E-state index < -0.39 is 6.09 Å². The number of nitrogens with zero attached hydrogens (tertiary/aromatic N) is 1. The molecular formula is C26H41NO3. The smallest absolute Gasteiger partial charge is 0.416 e. The molecule has 4 heteroatoms. The van der Waals surface area contributed by atoms with Crippen molar-refractivity contribution in [3.63, 3.8) is 0 Å². The van der Waals surface area contributed by atoms with Crippen LogP contribution in [0, 0.1) is 5.92 Å². The molecule has 0 unspecified atom stereocenters. The van der Waals surface area contributed by atoms with E-state index in [1.807, 2.05) is 37.3 Å². The first-order chi connectivity index (χ1) is 14.6. The van der Waals surface area contributed by atoms with Crippen molar-refractivity contribution in [3.8, 4) is 0 Å². The van der Waals surface area contributed by atoms with Crippen LogP contribution in [0.4, 0.5) is 4.79 Å². The highest BCUT2D eigenvalue weighted by Gasteiger charge is 2.39. The predicted molar refractivity (Wildman–Crippen MR) is 122 cm³/mol. The molecule has 1 aliphatic rings. The van der Waals surface area contributed by atoms with Crippen LogP contribution in [-0.4, -0.2) is 29.5 Å². The van der Waals surface area contributed by atoms with Crippen molar-refractivity contribution in [1.82, 2.24) is 4.90 Å². The normalized spacial score (nSPS) is 17.2. The number of carbonyl (C=O) groups excluding carboxylic acids is 2. The lowest BCUT2D eigenvalue weighted by atomic mass is 9.98. The van der Waals surface area contributed by atoms with Crippen LogP contribution < -0.4 is 0 Å². The van der Waals surface area contributed by atoms with Gasteiger partial charge < -0.3 is 4.74 Å². The quantitative estimate of drug-likeness (QED) is 0.292. The first kappa shape index (κ1) is 24.4. The number of amides is 2. The van der Waals surface area contributed by atoms with E-state index in [1.54, 1.807) is 0 Å². The van der Waals surface area contributed by atoms with Crippen LogP contribution in [0.5, 0.6) is 0 Å². The fraction of sp³-hybridized carbons (Fsp3) is 0.692. The van der Waals surface area contributed by atoms with Crippen molar-refractivity contribution in [2.75, 3.05) is 6.61 Å². The molecule has 0 saturated carbocycles. The number of hydrogen-bond donors (Lipinski definition) is 0. The minimum Gasteiger partial charge on any atom is -0.447 e. The number of imide groups is 1. The van der Waals surface area contributed by atoms with Crippen LogP contribution in [0.3, 0.4) is 0 Å². The Labute approximate surface area is 183 Å². The summed E-state index contributed by atoms with van der Waals surface area (Å²) in [5.41, 5.74) is 1.12. The van der Waals surface area contributed by atoms with Crippen LogP contribution >= 0.6 is 0 Å². The topological polar surface area (TPSA) is 46.6 Å². The lowest BCUT2D eigenvalue weighted by Crippen LogP contribution is -2.43. The number of unbranched alkanes of at least 4 members (excludes halogenated alkanes) is 10. The van der Waals surface area contributed by atoms with Crippen LogP contribution in [0.25, 0.3) is 0 Å². The van der Waals surface area contributed by atoms with Crippen LogP contribution in [-0.2, 0) is 16.0 Å². The van der Waals surface area contributed by atoms with Crippen molar-refractivity contribution in [1.29, 1.82) is 0 Å². The highest BCUT2D eigenvalue weighted by Crippen LogP contribution is 2.22. The summed E-state index contributed by atoms with van der Waals surface area (Å²) in [4.78, 5) is 26.4. The molecule has 168 valence electrons. The summed E-state index contributed by atoms with van der Waals surface area (Å²) in [6.07, 6.45) is 15.3. The number of carbonyl (C=O) groups is 2. The number of ether oxygens (including phenoxy) is 1. The molecule has 0 N–H and O–H groups in total. The molecule has 1 heterocycles. The van der Waals surface area contributed by atoms with Gasteiger partial charge in [-0.3, -0.25) is 4.79 Å². The van der Waals surface area contributed by atoms with E-state index in [0.29, 0.717) is 13.0 Å². The molecule has 0 aliphatic carbocycles. The minimum atomic E-state index is -0.480. The van der Waals surface area contributed by atoms with E-state index >= 15 is 0 Å². The van der Waals surface area contributed by atoms with Crippen molar-refractivity contribution in [2.45, 2.75) is 103 Å². The molecule has 4 nitrogen and oxygen atoms in total. The number of hydrogen-bond acceptors (Lipinski definition) is 3. The average Bonchev–Trinajstić information content (AvgIpc) is 3.11. The van der Waals surface area contributed by atoms with Gasteiger partial charge in [-0.05, 0) is 18.4 Å². The summed E-state index contributed by atoms with van der Waals surface area (Å²) in [5.74, 6) is -0.210. The van der Waals surface area contributed by atoms with Gasteiger partial charge in [0.25, 0.3) is 0 Å². The van der Waals surface area contributed by atoms with E-state index in [0.717, 1.165) is 18.4 Å². The fourth-order valence-corrected chi connectivity index (χ4v) is 4.24. The van der Waals surface area contributed by atoms with Gasteiger partial charge in [0.05, 0.1) is 6.04 Å². The van der Waals surface area contributed by atoms with Crippen molar-refractivity contribution < 1.29 is 14.3 Å². The SMILES string of the molecule is CCCCCCCCCCCCC[C@@H](C)C(=O)N1C(=O)OC[C@@H]1Cc1ccccc1. The maximum absolute atomic E-state index is 12.9. The van der Waals surface area contributed by atoms with Gasteiger partial charge in [0.1, 0.15) is 6.61 Å². The summed E-state index contributed by atoms with van der Waals surface area (Å²) in [6, 6.07) is 9.80. The van der Waals surface area contributed by atoms with Gasteiger partial charge in [-0.15, -0.1) is 0 Å². The molecule has 1 aromatic carbocycles. The van der Waals surface area contributed by atoms with Gasteiger partial charge in [0.15, 0.2) is 0 Å². The third-order valence-corrected chi connectivity index (χ3v) is 6.17. The van der Waals surface area contributed by atoms with Crippen LogP contribution in [0.15, 0.2) is 30.3 Å². The Morgan fingerprint density at radius 3 is 2.13 bits per heavy atom. The summed E-state index contributed by atoms with van der Waals surface area (Å²) in [7, 11) is 0. The summed E-state index contributed by atoms with van der Waals surface area (Å²) in [6.45, 7) is 4.50. The highest BCUT2D eigenvalue weighted by molar-refractivity contribution is 5.94. The Kier molecular flexibility index (Phi) is 11.6. The maximum atomic E-state index is 12.9. The fourth-order valence-electron chi connectivity index (χ4n) is 4.24. The molecule has 1 saturated heterocycles. The van der Waals surface area contributed by atoms with E-state index in [4.69, 9.17) is 4.74 Å². The maximum Gasteiger partial charge on any atom is 0.416 e. The summed E-state index contributed by atoms with van der Waals surface area (Å²) < 4.78 is 5.20. The van der Waals surface area contributed by atoms with Gasteiger partial charge >= 0.3 is 6.09 Å². The molecule has 0 aromatic heterocycles. The monoisotopic (exact) mass is 415 g/mol. The highest BCUT2D eigenvalue weighted by atomic mass is 16.6. The zero-order valence-corrected chi connectivity index (χ0v) is 19.1. The molecule has 1 aromatic rings. The Hall–Kier alpha value is -1.84. The Bertz CT molecular complexity index is 616. The van der Waals surface area contributed by atoms with Gasteiger partial charge in [-0.2, -0.15) is 0 Å². The second kappa shape index (κ2) is 14.2. The molecule has 0 bridgehead atoms. The van der Waals surface area contributed by atoms with Crippen LogP contribution in [0.1, 0.15) is 96.5 Å². The second-order valence-electron chi connectivity index (χ2n) is 8.85. The Balaban J connectivity index is 1.61. The zero-order chi connectivity index (χ0) is 21.6. The van der Waals surface area contributed by atoms with Crippen molar-refractivity contribution in [2.24, 2.45) is 5.92 Å². The van der Waals surface area contributed by atoms with Crippen LogP contribution in [0.2, 0.25) is 0 Å². The molecule has 1 aliphatic heterocycles. The molecule has 30 heavy (non-hydrogen) atoms. The predicted octanol–water partition coefficient (Wildman–Crippen LogP) is 6.91. The number of rotatable bonds is 15. The first-order valence-corrected chi connectivity index (χ1v) is 12.2. The van der Waals surface area contributed by atoms with Crippen molar-refractivity contribution >= 4 is 12.0 Å². The second-order valence-corrected chi connectivity index (χ2v) is 8.85.